The number of nitrogens with two attached hydrogens (primary N) is 1. The van der Waals surface area contributed by atoms with Gasteiger partial charge in [-0.15, -0.1) is 24.0 Å². The van der Waals surface area contributed by atoms with Crippen LogP contribution in [-0.2, 0) is 6.54 Å². The van der Waals surface area contributed by atoms with Gasteiger partial charge in [0.15, 0.2) is 5.96 Å². The Labute approximate surface area is 182 Å². The van der Waals surface area contributed by atoms with Crippen molar-refractivity contribution < 1.29 is 4.79 Å². The molecule has 9 heteroatoms. The number of halogens is 1. The number of piperazine rings is 1. The number of nitrogens with one attached hydrogen (secondary N) is 1. The summed E-state index contributed by atoms with van der Waals surface area (Å²) in [6, 6.07) is 9.07. The molecule has 0 saturated carbocycles. The number of hydrogen-bond acceptors (Lipinski definition) is 5. The standard InChI is InChI=1S/C19H25N7O.HI/c1-2-21-18(24-14-15-4-6-16(7-5-15)17(20)27)25-10-12-26(13-11-25)19-22-8-3-9-23-19;/h3-9H,2,10-14H2,1H3,(H2,20,27)(H,21,24);1H. The Morgan fingerprint density at radius 3 is 2.36 bits per heavy atom. The fraction of sp³-hybridized carbons (Fsp3) is 0.368. The molecule has 1 aromatic heterocycles. The van der Waals surface area contributed by atoms with Crippen molar-refractivity contribution in [2.45, 2.75) is 13.5 Å². The third kappa shape index (κ3) is 5.78. The summed E-state index contributed by atoms with van der Waals surface area (Å²) in [5.74, 6) is 1.25. The van der Waals surface area contributed by atoms with Crippen molar-refractivity contribution >= 4 is 41.8 Å². The minimum atomic E-state index is -0.418. The summed E-state index contributed by atoms with van der Waals surface area (Å²) in [5, 5.41) is 3.36. The second-order valence-corrected chi connectivity index (χ2v) is 6.25. The molecule has 0 unspecified atom stereocenters. The highest BCUT2D eigenvalue weighted by Crippen LogP contribution is 2.11. The molecule has 150 valence electrons. The summed E-state index contributed by atoms with van der Waals surface area (Å²) < 4.78 is 0. The fourth-order valence-corrected chi connectivity index (χ4v) is 2.94. The molecule has 3 rings (SSSR count). The molecule has 2 heterocycles. The zero-order valence-corrected chi connectivity index (χ0v) is 18.2. The summed E-state index contributed by atoms with van der Waals surface area (Å²) in [6.07, 6.45) is 3.54. The van der Waals surface area contributed by atoms with Crippen LogP contribution in [0.1, 0.15) is 22.8 Å². The van der Waals surface area contributed by atoms with E-state index in [4.69, 9.17) is 10.7 Å². The summed E-state index contributed by atoms with van der Waals surface area (Å²) in [7, 11) is 0. The van der Waals surface area contributed by atoms with E-state index in [0.29, 0.717) is 12.1 Å². The van der Waals surface area contributed by atoms with Crippen molar-refractivity contribution in [2.75, 3.05) is 37.6 Å². The van der Waals surface area contributed by atoms with Crippen LogP contribution in [0.2, 0.25) is 0 Å². The average molecular weight is 495 g/mol. The van der Waals surface area contributed by atoms with Crippen LogP contribution in [0.25, 0.3) is 0 Å². The second-order valence-electron chi connectivity index (χ2n) is 6.25. The molecule has 1 amide bonds. The smallest absolute Gasteiger partial charge is 0.248 e. The summed E-state index contributed by atoms with van der Waals surface area (Å²) >= 11 is 0. The molecule has 1 aliphatic rings. The first kappa shape index (κ1) is 21.9. The molecule has 2 aromatic rings. The third-order valence-corrected chi connectivity index (χ3v) is 4.40. The van der Waals surface area contributed by atoms with Crippen LogP contribution in [0.5, 0.6) is 0 Å². The van der Waals surface area contributed by atoms with E-state index < -0.39 is 5.91 Å². The molecule has 1 aromatic carbocycles. The Morgan fingerprint density at radius 1 is 1.14 bits per heavy atom. The van der Waals surface area contributed by atoms with E-state index in [0.717, 1.165) is 50.2 Å². The maximum Gasteiger partial charge on any atom is 0.248 e. The van der Waals surface area contributed by atoms with E-state index in [-0.39, 0.29) is 24.0 Å². The average Bonchev–Trinajstić information content (AvgIpc) is 2.72. The van der Waals surface area contributed by atoms with Gasteiger partial charge in [0.05, 0.1) is 6.54 Å². The van der Waals surface area contributed by atoms with E-state index in [9.17, 15) is 4.79 Å². The predicted molar refractivity (Wildman–Crippen MR) is 121 cm³/mol. The number of benzene rings is 1. The van der Waals surface area contributed by atoms with Gasteiger partial charge in [-0.25, -0.2) is 15.0 Å². The number of guanidine groups is 1. The highest BCUT2D eigenvalue weighted by Gasteiger charge is 2.21. The fourth-order valence-electron chi connectivity index (χ4n) is 2.94. The Balaban J connectivity index is 0.00000280. The maximum absolute atomic E-state index is 11.2. The quantitative estimate of drug-likeness (QED) is 0.371. The van der Waals surface area contributed by atoms with Crippen LogP contribution < -0.4 is 16.0 Å². The molecule has 1 fully saturated rings. The third-order valence-electron chi connectivity index (χ3n) is 4.40. The lowest BCUT2D eigenvalue weighted by Gasteiger charge is -2.36. The number of anilines is 1. The van der Waals surface area contributed by atoms with Crippen molar-refractivity contribution in [1.82, 2.24) is 20.2 Å². The predicted octanol–water partition coefficient (Wildman–Crippen LogP) is 1.48. The number of carbonyl (C=O) groups is 1. The SMILES string of the molecule is CCNC(=NCc1ccc(C(N)=O)cc1)N1CCN(c2ncccn2)CC1.I. The van der Waals surface area contributed by atoms with Gasteiger partial charge in [0.2, 0.25) is 11.9 Å². The number of nitrogens with zero attached hydrogens (tertiary/aromatic N) is 5. The lowest BCUT2D eigenvalue weighted by Crippen LogP contribution is -2.52. The first-order chi connectivity index (χ1) is 13.2. The van der Waals surface area contributed by atoms with Crippen molar-refractivity contribution in [3.8, 4) is 0 Å². The second kappa shape index (κ2) is 10.8. The Hall–Kier alpha value is -2.43. The maximum atomic E-state index is 11.2. The van der Waals surface area contributed by atoms with Gasteiger partial charge >= 0.3 is 0 Å². The van der Waals surface area contributed by atoms with Gasteiger partial charge in [0, 0.05) is 50.7 Å². The van der Waals surface area contributed by atoms with Gasteiger partial charge in [-0.1, -0.05) is 12.1 Å². The van der Waals surface area contributed by atoms with Crippen LogP contribution in [-0.4, -0.2) is 59.5 Å². The Morgan fingerprint density at radius 2 is 1.79 bits per heavy atom. The molecule has 0 bridgehead atoms. The van der Waals surface area contributed by atoms with Crippen LogP contribution in [0.4, 0.5) is 5.95 Å². The number of aliphatic imine (C=N–C) groups is 1. The number of amides is 1. The van der Waals surface area contributed by atoms with Gasteiger partial charge in [-0.3, -0.25) is 4.79 Å². The largest absolute Gasteiger partial charge is 0.366 e. The van der Waals surface area contributed by atoms with Crippen molar-refractivity contribution in [3.63, 3.8) is 0 Å². The first-order valence-electron chi connectivity index (χ1n) is 9.11. The molecule has 0 aliphatic carbocycles. The van der Waals surface area contributed by atoms with E-state index in [1.54, 1.807) is 24.5 Å². The van der Waals surface area contributed by atoms with Crippen LogP contribution >= 0.6 is 24.0 Å². The van der Waals surface area contributed by atoms with Gasteiger partial charge in [0.25, 0.3) is 0 Å². The van der Waals surface area contributed by atoms with Gasteiger partial charge in [-0.05, 0) is 30.7 Å². The van der Waals surface area contributed by atoms with Crippen LogP contribution in [0, 0.1) is 0 Å². The molecule has 8 nitrogen and oxygen atoms in total. The van der Waals surface area contributed by atoms with Gasteiger partial charge < -0.3 is 20.9 Å². The van der Waals surface area contributed by atoms with Crippen molar-refractivity contribution in [3.05, 3.63) is 53.9 Å². The highest BCUT2D eigenvalue weighted by molar-refractivity contribution is 14.0. The number of aromatic nitrogens is 2. The minimum absolute atomic E-state index is 0. The molecule has 0 atom stereocenters. The molecule has 1 saturated heterocycles. The molecule has 3 N–H and O–H groups in total. The van der Waals surface area contributed by atoms with Gasteiger partial charge in [-0.2, -0.15) is 0 Å². The lowest BCUT2D eigenvalue weighted by atomic mass is 10.1. The number of primary amides is 1. The summed E-state index contributed by atoms with van der Waals surface area (Å²) in [5.41, 5.74) is 6.82. The molecule has 1 aliphatic heterocycles. The van der Waals surface area contributed by atoms with Gasteiger partial charge in [0.1, 0.15) is 0 Å². The Kier molecular flexibility index (Phi) is 8.42. The number of carbonyl (C=O) groups excluding carboxylic acids is 1. The minimum Gasteiger partial charge on any atom is -0.366 e. The van der Waals surface area contributed by atoms with Crippen molar-refractivity contribution in [2.24, 2.45) is 10.7 Å². The first-order valence-corrected chi connectivity index (χ1v) is 9.11. The van der Waals surface area contributed by atoms with E-state index in [2.05, 4.69) is 32.0 Å². The molecule has 28 heavy (non-hydrogen) atoms. The normalized spacial score (nSPS) is 14.4. The molecular formula is C19H26IN7O. The molecule has 0 spiro atoms. The summed E-state index contributed by atoms with van der Waals surface area (Å²) in [4.78, 5) is 29.0. The highest BCUT2D eigenvalue weighted by atomic mass is 127. The number of hydrogen-bond donors (Lipinski definition) is 2. The monoisotopic (exact) mass is 495 g/mol. The molecular weight excluding hydrogens is 469 g/mol. The molecule has 0 radical (unpaired) electrons. The van der Waals surface area contributed by atoms with E-state index in [1.807, 2.05) is 18.2 Å². The Bertz CT molecular complexity index is 775. The van der Waals surface area contributed by atoms with Crippen LogP contribution in [0.15, 0.2) is 47.7 Å². The van der Waals surface area contributed by atoms with Crippen LogP contribution in [0.3, 0.4) is 0 Å². The van der Waals surface area contributed by atoms with E-state index >= 15 is 0 Å². The number of rotatable bonds is 5. The van der Waals surface area contributed by atoms with E-state index in [1.165, 1.54) is 0 Å². The lowest BCUT2D eigenvalue weighted by molar-refractivity contribution is 0.100. The zero-order chi connectivity index (χ0) is 19.1. The topological polar surface area (TPSA) is 99.7 Å². The zero-order valence-electron chi connectivity index (χ0n) is 15.9. The van der Waals surface area contributed by atoms with Crippen molar-refractivity contribution in [1.29, 1.82) is 0 Å². The summed E-state index contributed by atoms with van der Waals surface area (Å²) in [6.45, 7) is 6.81.